The average Bonchev–Trinajstić information content (AvgIpc) is 1.87. The molecule has 0 aromatic heterocycles. The first kappa shape index (κ1) is 18.4. The fourth-order valence-corrected chi connectivity index (χ4v) is 0.105. The van der Waals surface area contributed by atoms with Gasteiger partial charge in [-0.2, -0.15) is 0 Å². The predicted molar refractivity (Wildman–Crippen MR) is 32.9 cm³/mol. The average molecular weight is 206 g/mol. The minimum Gasteiger partial charge on any atom is -0.547 e. The Bertz CT molecular complexity index is 120. The molecule has 13 heavy (non-hydrogen) atoms. The molecule has 0 aromatic rings. The molecule has 0 unspecified atom stereocenters. The minimum absolute atomic E-state index is 0. The van der Waals surface area contributed by atoms with Crippen LogP contribution in [0, 0.1) is 0 Å². The minimum atomic E-state index is -1.43. The Labute approximate surface area is 88.7 Å². The molecule has 0 amide bonds. The van der Waals surface area contributed by atoms with Crippen molar-refractivity contribution < 1.29 is 40.1 Å². The second-order valence-corrected chi connectivity index (χ2v) is 1.29. The molecular weight excluding hydrogens is 200 g/mol. The van der Waals surface area contributed by atoms with Crippen molar-refractivity contribution in [3.8, 4) is 0 Å². The van der Waals surface area contributed by atoms with Crippen LogP contribution < -0.4 is 10.2 Å². The standard InChI is InChI=1S/2C2H4O4.Mg/c2*3-2(4)1-6-5;/h2*5H,1H2,(H,3,4);/q;;+2/p-2. The van der Waals surface area contributed by atoms with E-state index < -0.39 is 25.2 Å². The van der Waals surface area contributed by atoms with Crippen molar-refractivity contribution >= 4 is 35.0 Å². The molecule has 0 atom stereocenters. The van der Waals surface area contributed by atoms with Crippen LogP contribution in [0.3, 0.4) is 0 Å². The summed E-state index contributed by atoms with van der Waals surface area (Å²) in [6.45, 7) is -1.53. The molecule has 0 aliphatic carbocycles. The molecule has 2 N–H and O–H groups in total. The van der Waals surface area contributed by atoms with Gasteiger partial charge in [-0.05, 0) is 0 Å². The van der Waals surface area contributed by atoms with E-state index in [9.17, 15) is 19.8 Å². The van der Waals surface area contributed by atoms with Crippen molar-refractivity contribution in [3.63, 3.8) is 0 Å². The van der Waals surface area contributed by atoms with Crippen LogP contribution in [0.1, 0.15) is 0 Å². The van der Waals surface area contributed by atoms with E-state index in [0.29, 0.717) is 0 Å². The maximum Gasteiger partial charge on any atom is 2.00 e. The summed E-state index contributed by atoms with van der Waals surface area (Å²) < 4.78 is 0. The fraction of sp³-hybridized carbons (Fsp3) is 0.500. The largest absolute Gasteiger partial charge is 2.00 e. The van der Waals surface area contributed by atoms with Gasteiger partial charge >= 0.3 is 23.1 Å². The van der Waals surface area contributed by atoms with Gasteiger partial charge in [-0.15, -0.1) is 0 Å². The van der Waals surface area contributed by atoms with Crippen molar-refractivity contribution in [3.05, 3.63) is 0 Å². The molecule has 0 rings (SSSR count). The second kappa shape index (κ2) is 14.1. The SMILES string of the molecule is O=C([O-])COO.O=C([O-])COO.[Mg+2]. The molecule has 72 valence electrons. The van der Waals surface area contributed by atoms with E-state index in [0.717, 1.165) is 0 Å². The monoisotopic (exact) mass is 206 g/mol. The van der Waals surface area contributed by atoms with Gasteiger partial charge in [0.15, 0.2) is 0 Å². The molecule has 0 spiro atoms. The number of carboxylic acids is 2. The predicted octanol–water partition coefficient (Wildman–Crippen LogP) is -3.93. The summed E-state index contributed by atoms with van der Waals surface area (Å²) >= 11 is 0. The fourth-order valence-electron chi connectivity index (χ4n) is 0.105. The quantitative estimate of drug-likeness (QED) is 0.270. The van der Waals surface area contributed by atoms with Crippen molar-refractivity contribution in [2.45, 2.75) is 0 Å². The summed E-state index contributed by atoms with van der Waals surface area (Å²) in [6.07, 6.45) is 0. The Morgan fingerprint density at radius 1 is 1.00 bits per heavy atom. The number of hydrogen-bond donors (Lipinski definition) is 2. The first-order valence-corrected chi connectivity index (χ1v) is 2.47. The van der Waals surface area contributed by atoms with Crippen LogP contribution in [0.5, 0.6) is 0 Å². The Kier molecular flexibility index (Phi) is 19.9. The third-order valence-corrected chi connectivity index (χ3v) is 0.365. The summed E-state index contributed by atoms with van der Waals surface area (Å²) in [6, 6.07) is 0. The zero-order chi connectivity index (χ0) is 9.98. The van der Waals surface area contributed by atoms with Gasteiger partial charge in [0.25, 0.3) is 0 Å². The van der Waals surface area contributed by atoms with Crippen molar-refractivity contribution in [1.82, 2.24) is 0 Å². The third-order valence-electron chi connectivity index (χ3n) is 0.365. The summed E-state index contributed by atoms with van der Waals surface area (Å²) in [7, 11) is 0. The van der Waals surface area contributed by atoms with E-state index >= 15 is 0 Å². The van der Waals surface area contributed by atoms with E-state index in [1.54, 1.807) is 0 Å². The Balaban J connectivity index is -0.000000143. The topological polar surface area (TPSA) is 139 Å². The van der Waals surface area contributed by atoms with Gasteiger partial charge in [-0.3, -0.25) is 10.5 Å². The van der Waals surface area contributed by atoms with Gasteiger partial charge < -0.3 is 19.8 Å². The molecule has 0 bridgehead atoms. The van der Waals surface area contributed by atoms with Crippen LogP contribution in [-0.2, 0) is 19.4 Å². The van der Waals surface area contributed by atoms with Crippen LogP contribution in [0.25, 0.3) is 0 Å². The number of hydrogen-bond acceptors (Lipinski definition) is 8. The van der Waals surface area contributed by atoms with Gasteiger partial charge in [0.2, 0.25) is 0 Å². The molecule has 0 radical (unpaired) electrons. The first-order chi connectivity index (χ1) is 5.54. The number of carboxylic acid groups (broad SMARTS) is 2. The molecule has 0 saturated heterocycles. The van der Waals surface area contributed by atoms with Crippen molar-refractivity contribution in [1.29, 1.82) is 0 Å². The van der Waals surface area contributed by atoms with Crippen LogP contribution >= 0.6 is 0 Å². The summed E-state index contributed by atoms with van der Waals surface area (Å²) in [5, 5.41) is 33.0. The van der Waals surface area contributed by atoms with E-state index in [2.05, 4.69) is 9.78 Å². The van der Waals surface area contributed by atoms with E-state index in [1.165, 1.54) is 0 Å². The van der Waals surface area contributed by atoms with Crippen LogP contribution in [0.15, 0.2) is 0 Å². The molecule has 8 nitrogen and oxygen atoms in total. The van der Waals surface area contributed by atoms with Crippen LogP contribution in [0.4, 0.5) is 0 Å². The van der Waals surface area contributed by atoms with Crippen molar-refractivity contribution in [2.75, 3.05) is 13.2 Å². The Morgan fingerprint density at radius 2 is 1.23 bits per heavy atom. The van der Waals surface area contributed by atoms with Crippen LogP contribution in [0.2, 0.25) is 0 Å². The molecule has 0 aromatic carbocycles. The molecule has 0 aliphatic rings. The van der Waals surface area contributed by atoms with Gasteiger partial charge in [-0.1, -0.05) is 0 Å². The van der Waals surface area contributed by atoms with E-state index in [-0.39, 0.29) is 23.1 Å². The Morgan fingerprint density at radius 3 is 1.23 bits per heavy atom. The van der Waals surface area contributed by atoms with E-state index in [4.69, 9.17) is 10.5 Å². The maximum atomic E-state index is 9.20. The van der Waals surface area contributed by atoms with Gasteiger partial charge in [0, 0.05) is 0 Å². The summed E-state index contributed by atoms with van der Waals surface area (Å²) in [4.78, 5) is 24.7. The number of rotatable bonds is 4. The molecular formula is C4H6MgO8. The molecule has 0 saturated carbocycles. The van der Waals surface area contributed by atoms with Crippen LogP contribution in [-0.4, -0.2) is 58.7 Å². The van der Waals surface area contributed by atoms with E-state index in [1.807, 2.05) is 0 Å². The first-order valence-electron chi connectivity index (χ1n) is 2.47. The number of aliphatic carboxylic acids is 2. The molecule has 0 aliphatic heterocycles. The van der Waals surface area contributed by atoms with Gasteiger partial charge in [0.1, 0.15) is 13.2 Å². The molecule has 9 heteroatoms. The van der Waals surface area contributed by atoms with Gasteiger partial charge in [0.05, 0.1) is 11.9 Å². The van der Waals surface area contributed by atoms with Gasteiger partial charge in [-0.25, -0.2) is 9.78 Å². The third kappa shape index (κ3) is 34.2. The smallest absolute Gasteiger partial charge is 0.547 e. The zero-order valence-electron chi connectivity index (χ0n) is 6.47. The normalized spacial score (nSPS) is 7.54. The zero-order valence-corrected chi connectivity index (χ0v) is 7.88. The second-order valence-electron chi connectivity index (χ2n) is 1.29. The number of carbonyl (C=O) groups is 2. The summed E-state index contributed by atoms with van der Waals surface area (Å²) in [5.41, 5.74) is 0. The molecule has 0 heterocycles. The summed E-state index contributed by atoms with van der Waals surface area (Å²) in [5.74, 6) is -2.87. The maximum absolute atomic E-state index is 9.20. The molecule has 0 fully saturated rings. The number of carbonyl (C=O) groups excluding carboxylic acids is 2. The Hall–Kier alpha value is -0.454. The van der Waals surface area contributed by atoms with Crippen molar-refractivity contribution in [2.24, 2.45) is 0 Å².